The third-order valence-electron chi connectivity index (χ3n) is 5.09. The largest absolute Gasteiger partial charge is 0.381 e. The Morgan fingerprint density at radius 3 is 2.12 bits per heavy atom. The van der Waals surface area contributed by atoms with Gasteiger partial charge in [0.25, 0.3) is 0 Å². The quantitative estimate of drug-likeness (QED) is 0.501. The first kappa shape index (κ1) is 22.1. The monoisotopic (exact) mass is 369 g/mol. The Hall–Kier alpha value is -0.160. The zero-order valence-electron chi connectivity index (χ0n) is 18.2. The van der Waals surface area contributed by atoms with Crippen LogP contribution in [0.2, 0.25) is 0 Å². The minimum absolute atomic E-state index is 0.0189. The van der Waals surface area contributed by atoms with Crippen LogP contribution in [-0.2, 0) is 14.2 Å². The number of likely N-dealkylation sites (tertiary alicyclic amines) is 1. The SMILES string of the molecule is CC(C)(C)CC1CC(OCCCOCCCN2CC(OC(C)(C)C)C2)C1. The maximum atomic E-state index is 5.95. The van der Waals surface area contributed by atoms with Crippen LogP contribution in [-0.4, -0.2) is 62.2 Å². The Morgan fingerprint density at radius 2 is 1.50 bits per heavy atom. The van der Waals surface area contributed by atoms with E-state index in [0.717, 1.165) is 58.2 Å². The fourth-order valence-electron chi connectivity index (χ4n) is 4.03. The summed E-state index contributed by atoms with van der Waals surface area (Å²) >= 11 is 0. The first-order valence-electron chi connectivity index (χ1n) is 10.7. The molecule has 0 aromatic heterocycles. The topological polar surface area (TPSA) is 30.9 Å². The van der Waals surface area contributed by atoms with Crippen molar-refractivity contribution in [2.24, 2.45) is 11.3 Å². The summed E-state index contributed by atoms with van der Waals surface area (Å²) in [7, 11) is 0. The van der Waals surface area contributed by atoms with Crippen molar-refractivity contribution in [3.05, 3.63) is 0 Å². The molecule has 2 aliphatic rings. The molecule has 4 heteroatoms. The molecular formula is C22H43NO3. The van der Waals surface area contributed by atoms with E-state index in [9.17, 15) is 0 Å². The van der Waals surface area contributed by atoms with Crippen LogP contribution < -0.4 is 0 Å². The summed E-state index contributed by atoms with van der Waals surface area (Å²) in [5, 5.41) is 0. The van der Waals surface area contributed by atoms with Crippen LogP contribution in [0, 0.1) is 11.3 Å². The van der Waals surface area contributed by atoms with Crippen molar-refractivity contribution in [3.63, 3.8) is 0 Å². The van der Waals surface area contributed by atoms with Crippen LogP contribution in [0.25, 0.3) is 0 Å². The van der Waals surface area contributed by atoms with Gasteiger partial charge in [-0.2, -0.15) is 0 Å². The Morgan fingerprint density at radius 1 is 0.846 bits per heavy atom. The molecule has 1 aliphatic heterocycles. The van der Waals surface area contributed by atoms with Crippen LogP contribution in [0.15, 0.2) is 0 Å². The second kappa shape index (κ2) is 9.86. The molecule has 1 aliphatic carbocycles. The van der Waals surface area contributed by atoms with Gasteiger partial charge in [0.1, 0.15) is 0 Å². The molecule has 0 aromatic rings. The Kier molecular flexibility index (Phi) is 8.39. The fourth-order valence-corrected chi connectivity index (χ4v) is 4.03. The minimum Gasteiger partial charge on any atom is -0.381 e. The van der Waals surface area contributed by atoms with E-state index in [1.807, 2.05) is 0 Å². The van der Waals surface area contributed by atoms with Crippen LogP contribution in [0.1, 0.15) is 73.6 Å². The van der Waals surface area contributed by atoms with Gasteiger partial charge in [0.15, 0.2) is 0 Å². The molecule has 0 bridgehead atoms. The van der Waals surface area contributed by atoms with Gasteiger partial charge >= 0.3 is 0 Å². The van der Waals surface area contributed by atoms with E-state index in [-0.39, 0.29) is 5.60 Å². The van der Waals surface area contributed by atoms with Crippen molar-refractivity contribution in [1.29, 1.82) is 0 Å². The van der Waals surface area contributed by atoms with Crippen molar-refractivity contribution >= 4 is 0 Å². The fraction of sp³-hybridized carbons (Fsp3) is 1.00. The van der Waals surface area contributed by atoms with E-state index >= 15 is 0 Å². The summed E-state index contributed by atoms with van der Waals surface area (Å²) < 4.78 is 17.6. The molecule has 1 heterocycles. The van der Waals surface area contributed by atoms with Crippen molar-refractivity contribution in [3.8, 4) is 0 Å². The van der Waals surface area contributed by atoms with Crippen molar-refractivity contribution in [2.45, 2.75) is 91.5 Å². The Balaban J connectivity index is 1.32. The summed E-state index contributed by atoms with van der Waals surface area (Å²) in [4.78, 5) is 2.45. The van der Waals surface area contributed by atoms with E-state index in [0.29, 0.717) is 17.6 Å². The van der Waals surface area contributed by atoms with E-state index in [1.165, 1.54) is 19.3 Å². The Bertz CT molecular complexity index is 349. The van der Waals surface area contributed by atoms with Gasteiger partial charge in [-0.15, -0.1) is 0 Å². The summed E-state index contributed by atoms with van der Waals surface area (Å²) in [6.45, 7) is 19.2. The van der Waals surface area contributed by atoms with E-state index in [4.69, 9.17) is 14.2 Å². The molecule has 0 amide bonds. The van der Waals surface area contributed by atoms with E-state index in [2.05, 4.69) is 46.4 Å². The number of hydrogen-bond donors (Lipinski definition) is 0. The molecule has 2 rings (SSSR count). The summed E-state index contributed by atoms with van der Waals surface area (Å²) in [5.41, 5.74) is 0.439. The highest BCUT2D eigenvalue weighted by molar-refractivity contribution is 4.84. The number of rotatable bonds is 11. The van der Waals surface area contributed by atoms with Gasteiger partial charge in [-0.1, -0.05) is 20.8 Å². The minimum atomic E-state index is -0.0189. The van der Waals surface area contributed by atoms with Crippen molar-refractivity contribution < 1.29 is 14.2 Å². The van der Waals surface area contributed by atoms with Crippen LogP contribution in [0.5, 0.6) is 0 Å². The summed E-state index contributed by atoms with van der Waals surface area (Å²) in [6, 6.07) is 0. The molecule has 0 spiro atoms. The van der Waals surface area contributed by atoms with Crippen LogP contribution in [0.3, 0.4) is 0 Å². The van der Waals surface area contributed by atoms with Crippen LogP contribution in [0.4, 0.5) is 0 Å². The highest BCUT2D eigenvalue weighted by Crippen LogP contribution is 2.38. The average Bonchev–Trinajstić information content (AvgIpc) is 2.41. The molecule has 0 unspecified atom stereocenters. The third-order valence-corrected chi connectivity index (χ3v) is 5.09. The molecule has 0 radical (unpaired) electrons. The summed E-state index contributed by atoms with van der Waals surface area (Å²) in [6.07, 6.45) is 6.91. The summed E-state index contributed by atoms with van der Waals surface area (Å²) in [5.74, 6) is 0.881. The molecular weight excluding hydrogens is 326 g/mol. The van der Waals surface area contributed by atoms with E-state index < -0.39 is 0 Å². The maximum Gasteiger partial charge on any atom is 0.0835 e. The lowest BCUT2D eigenvalue weighted by Gasteiger charge is -2.42. The number of hydrogen-bond acceptors (Lipinski definition) is 4. The van der Waals surface area contributed by atoms with Gasteiger partial charge in [-0.3, -0.25) is 4.90 Å². The normalized spacial score (nSPS) is 25.2. The molecule has 0 atom stereocenters. The lowest BCUT2D eigenvalue weighted by atomic mass is 9.73. The molecule has 4 nitrogen and oxygen atoms in total. The molecule has 0 aromatic carbocycles. The van der Waals surface area contributed by atoms with Gasteiger partial charge in [0.05, 0.1) is 17.8 Å². The zero-order valence-corrected chi connectivity index (χ0v) is 18.2. The van der Waals surface area contributed by atoms with E-state index in [1.54, 1.807) is 0 Å². The van der Waals surface area contributed by atoms with Crippen molar-refractivity contribution in [2.75, 3.05) is 39.5 Å². The maximum absolute atomic E-state index is 5.95. The first-order chi connectivity index (χ1) is 12.1. The van der Waals surface area contributed by atoms with Gasteiger partial charge in [0, 0.05) is 39.5 Å². The second-order valence-electron chi connectivity index (χ2n) is 10.5. The molecule has 26 heavy (non-hydrogen) atoms. The second-order valence-corrected chi connectivity index (χ2v) is 10.5. The standard InChI is InChI=1S/C22H43NO3/c1-21(2,3)15-18-13-19(14-18)25-12-8-11-24-10-7-9-23-16-20(17-23)26-22(4,5)6/h18-20H,7-17H2,1-6H3. The zero-order chi connectivity index (χ0) is 19.2. The predicted molar refractivity (Wildman–Crippen MR) is 108 cm³/mol. The van der Waals surface area contributed by atoms with Gasteiger partial charge in [-0.05, 0) is 64.2 Å². The molecule has 0 N–H and O–H groups in total. The van der Waals surface area contributed by atoms with Crippen LogP contribution >= 0.6 is 0 Å². The highest BCUT2D eigenvalue weighted by atomic mass is 16.5. The first-order valence-corrected chi connectivity index (χ1v) is 10.7. The lowest BCUT2D eigenvalue weighted by Crippen LogP contribution is -2.54. The average molecular weight is 370 g/mol. The molecule has 2 fully saturated rings. The third kappa shape index (κ3) is 9.16. The van der Waals surface area contributed by atoms with Crippen molar-refractivity contribution in [1.82, 2.24) is 4.90 Å². The van der Waals surface area contributed by atoms with Gasteiger partial charge in [0.2, 0.25) is 0 Å². The lowest BCUT2D eigenvalue weighted by molar-refractivity contribution is -0.124. The molecule has 154 valence electrons. The molecule has 1 saturated heterocycles. The number of ether oxygens (including phenoxy) is 3. The Labute approximate surface area is 161 Å². The highest BCUT2D eigenvalue weighted by Gasteiger charge is 2.32. The molecule has 1 saturated carbocycles. The number of nitrogens with zero attached hydrogens (tertiary/aromatic N) is 1. The predicted octanol–water partition coefficient (Wildman–Crippen LogP) is 4.51. The van der Waals surface area contributed by atoms with Gasteiger partial charge < -0.3 is 14.2 Å². The smallest absolute Gasteiger partial charge is 0.0835 e. The van der Waals surface area contributed by atoms with Gasteiger partial charge in [-0.25, -0.2) is 0 Å².